The zero-order valence-corrected chi connectivity index (χ0v) is 14.8. The molecule has 24 heavy (non-hydrogen) atoms. The second kappa shape index (κ2) is 5.19. The van der Waals surface area contributed by atoms with Crippen LogP contribution in [0.25, 0.3) is 11.0 Å². The van der Waals surface area contributed by atoms with E-state index in [0.29, 0.717) is 29.3 Å². The topological polar surface area (TPSA) is 68.1 Å². The molecule has 0 saturated heterocycles. The Kier molecular flexibility index (Phi) is 3.33. The predicted molar refractivity (Wildman–Crippen MR) is 92.9 cm³/mol. The van der Waals surface area contributed by atoms with Gasteiger partial charge in [0.05, 0.1) is 11.4 Å². The van der Waals surface area contributed by atoms with E-state index in [0.717, 1.165) is 16.6 Å². The summed E-state index contributed by atoms with van der Waals surface area (Å²) in [6.45, 7) is 2.24. The van der Waals surface area contributed by atoms with Gasteiger partial charge in [-0.1, -0.05) is 17.7 Å². The summed E-state index contributed by atoms with van der Waals surface area (Å²) in [7, 11) is -1.91. The minimum Gasteiger partial charge on any atom is -0.266 e. The highest BCUT2D eigenvalue weighted by molar-refractivity contribution is 7.92. The van der Waals surface area contributed by atoms with E-state index in [1.54, 1.807) is 29.9 Å². The van der Waals surface area contributed by atoms with Crippen LogP contribution in [0.3, 0.4) is 0 Å². The molecule has 1 aromatic carbocycles. The summed E-state index contributed by atoms with van der Waals surface area (Å²) < 4.78 is 29.2. The van der Waals surface area contributed by atoms with Crippen molar-refractivity contribution in [3.63, 3.8) is 0 Å². The summed E-state index contributed by atoms with van der Waals surface area (Å²) >= 11 is 6.04. The van der Waals surface area contributed by atoms with Crippen LogP contribution in [0, 0.1) is 6.92 Å². The predicted octanol–water partition coefficient (Wildman–Crippen LogP) is 2.68. The van der Waals surface area contributed by atoms with Gasteiger partial charge in [-0.3, -0.25) is 8.99 Å². The van der Waals surface area contributed by atoms with Crippen molar-refractivity contribution in [2.75, 3.05) is 10.8 Å². The van der Waals surface area contributed by atoms with E-state index in [1.165, 1.54) is 10.5 Å². The minimum atomic E-state index is -3.69. The number of sulfonamides is 1. The molecule has 0 spiro atoms. The Hall–Kier alpha value is -2.12. The number of aromatic nitrogens is 3. The summed E-state index contributed by atoms with van der Waals surface area (Å²) in [6.07, 6.45) is 2.06. The van der Waals surface area contributed by atoms with Crippen LogP contribution in [-0.2, 0) is 23.5 Å². The molecule has 1 aliphatic heterocycles. The SMILES string of the molecule is Cc1nn(C)c2ncc(S(=O)(=O)N3CCc4ccc(Cl)cc43)cc12. The summed E-state index contributed by atoms with van der Waals surface area (Å²) in [5.74, 6) is 0. The summed E-state index contributed by atoms with van der Waals surface area (Å²) in [5, 5.41) is 5.55. The Balaban J connectivity index is 1.85. The molecule has 124 valence electrons. The van der Waals surface area contributed by atoms with Gasteiger partial charge in [0.15, 0.2) is 5.65 Å². The molecular formula is C16H15ClN4O2S. The zero-order valence-electron chi connectivity index (χ0n) is 13.2. The van der Waals surface area contributed by atoms with Gasteiger partial charge in [-0.25, -0.2) is 13.4 Å². The van der Waals surface area contributed by atoms with E-state index in [9.17, 15) is 8.42 Å². The molecule has 3 aromatic rings. The number of hydrogen-bond donors (Lipinski definition) is 0. The molecule has 0 unspecified atom stereocenters. The highest BCUT2D eigenvalue weighted by atomic mass is 35.5. The maximum absolute atomic E-state index is 13.1. The van der Waals surface area contributed by atoms with Crippen LogP contribution in [0.4, 0.5) is 5.69 Å². The van der Waals surface area contributed by atoms with Crippen LogP contribution in [0.15, 0.2) is 35.4 Å². The third-order valence-electron chi connectivity index (χ3n) is 4.33. The van der Waals surface area contributed by atoms with Crippen LogP contribution in [0.2, 0.25) is 5.02 Å². The van der Waals surface area contributed by atoms with Crippen molar-refractivity contribution in [2.45, 2.75) is 18.2 Å². The second-order valence-electron chi connectivity index (χ2n) is 5.85. The highest BCUT2D eigenvalue weighted by Crippen LogP contribution is 2.35. The molecule has 0 amide bonds. The van der Waals surface area contributed by atoms with Crippen molar-refractivity contribution in [1.29, 1.82) is 0 Å². The number of halogens is 1. The van der Waals surface area contributed by atoms with Crippen molar-refractivity contribution in [3.8, 4) is 0 Å². The third-order valence-corrected chi connectivity index (χ3v) is 6.34. The van der Waals surface area contributed by atoms with Gasteiger partial charge < -0.3 is 0 Å². The Morgan fingerprint density at radius 3 is 2.83 bits per heavy atom. The molecule has 2 aromatic heterocycles. The second-order valence-corrected chi connectivity index (χ2v) is 8.15. The zero-order chi connectivity index (χ0) is 17.1. The lowest BCUT2D eigenvalue weighted by molar-refractivity contribution is 0.592. The molecule has 0 saturated carbocycles. The lowest BCUT2D eigenvalue weighted by Gasteiger charge is -2.19. The van der Waals surface area contributed by atoms with E-state index < -0.39 is 10.0 Å². The van der Waals surface area contributed by atoms with Crippen LogP contribution < -0.4 is 4.31 Å². The first-order chi connectivity index (χ1) is 11.4. The van der Waals surface area contributed by atoms with Crippen LogP contribution in [0.5, 0.6) is 0 Å². The first-order valence-corrected chi connectivity index (χ1v) is 9.30. The number of hydrogen-bond acceptors (Lipinski definition) is 4. The monoisotopic (exact) mass is 362 g/mol. The fourth-order valence-corrected chi connectivity index (χ4v) is 4.76. The molecule has 0 bridgehead atoms. The average molecular weight is 363 g/mol. The van der Waals surface area contributed by atoms with E-state index in [-0.39, 0.29) is 4.90 Å². The first-order valence-electron chi connectivity index (χ1n) is 7.48. The normalized spacial score (nSPS) is 14.4. The van der Waals surface area contributed by atoms with Crippen LogP contribution >= 0.6 is 11.6 Å². The van der Waals surface area contributed by atoms with Crippen molar-refractivity contribution in [2.24, 2.45) is 7.05 Å². The number of anilines is 1. The number of benzene rings is 1. The standard InChI is InChI=1S/C16H15ClN4O2S/c1-10-14-8-13(9-18-16(14)20(2)19-10)24(22,23)21-6-5-11-3-4-12(17)7-15(11)21/h3-4,7-9H,5-6H2,1-2H3. The molecule has 0 fully saturated rings. The van der Waals surface area contributed by atoms with Gasteiger partial charge in [0, 0.05) is 30.2 Å². The Morgan fingerprint density at radius 1 is 1.25 bits per heavy atom. The number of nitrogens with zero attached hydrogens (tertiary/aromatic N) is 4. The lowest BCUT2D eigenvalue weighted by Crippen LogP contribution is -2.29. The van der Waals surface area contributed by atoms with Gasteiger partial charge in [-0.2, -0.15) is 5.10 Å². The molecule has 3 heterocycles. The van der Waals surface area contributed by atoms with Gasteiger partial charge in [0.1, 0.15) is 4.90 Å². The van der Waals surface area contributed by atoms with Gasteiger partial charge >= 0.3 is 0 Å². The average Bonchev–Trinajstić information content (AvgIpc) is 3.09. The summed E-state index contributed by atoms with van der Waals surface area (Å²) in [5.41, 5.74) is 3.04. The largest absolute Gasteiger partial charge is 0.266 e. The highest BCUT2D eigenvalue weighted by Gasteiger charge is 2.31. The number of aryl methyl sites for hydroxylation is 2. The summed E-state index contributed by atoms with van der Waals surface area (Å²) in [6, 6.07) is 6.99. The summed E-state index contributed by atoms with van der Waals surface area (Å²) in [4.78, 5) is 4.45. The van der Waals surface area contributed by atoms with Gasteiger partial charge in [0.2, 0.25) is 0 Å². The molecule has 0 aliphatic carbocycles. The van der Waals surface area contributed by atoms with Crippen LogP contribution in [-0.4, -0.2) is 29.7 Å². The minimum absolute atomic E-state index is 0.166. The number of fused-ring (bicyclic) bond motifs is 2. The number of pyridine rings is 1. The molecule has 0 atom stereocenters. The molecule has 4 rings (SSSR count). The first kappa shape index (κ1) is 15.4. The van der Waals surface area contributed by atoms with E-state index in [4.69, 9.17) is 11.6 Å². The van der Waals surface area contributed by atoms with Gasteiger partial charge in [0.25, 0.3) is 10.0 Å². The van der Waals surface area contributed by atoms with Gasteiger partial charge in [-0.15, -0.1) is 0 Å². The maximum atomic E-state index is 13.1. The maximum Gasteiger partial charge on any atom is 0.265 e. The quantitative estimate of drug-likeness (QED) is 0.703. The molecule has 0 N–H and O–H groups in total. The van der Waals surface area contributed by atoms with Crippen molar-refractivity contribution >= 4 is 38.3 Å². The van der Waals surface area contributed by atoms with Gasteiger partial charge in [-0.05, 0) is 37.1 Å². The third kappa shape index (κ3) is 2.19. The Labute approximate surface area is 144 Å². The Morgan fingerprint density at radius 2 is 2.04 bits per heavy atom. The molecule has 1 aliphatic rings. The van der Waals surface area contributed by atoms with Crippen molar-refractivity contribution < 1.29 is 8.42 Å². The lowest BCUT2D eigenvalue weighted by atomic mass is 10.2. The fraction of sp³-hybridized carbons (Fsp3) is 0.250. The molecule has 0 radical (unpaired) electrons. The Bertz CT molecular complexity index is 1080. The molecule has 8 heteroatoms. The fourth-order valence-electron chi connectivity index (χ4n) is 3.13. The van der Waals surface area contributed by atoms with Crippen LogP contribution in [0.1, 0.15) is 11.3 Å². The molecular weight excluding hydrogens is 348 g/mol. The van der Waals surface area contributed by atoms with E-state index >= 15 is 0 Å². The van der Waals surface area contributed by atoms with Crippen molar-refractivity contribution in [3.05, 3.63) is 46.7 Å². The van der Waals surface area contributed by atoms with Crippen molar-refractivity contribution in [1.82, 2.24) is 14.8 Å². The van der Waals surface area contributed by atoms with E-state index in [1.807, 2.05) is 13.0 Å². The smallest absolute Gasteiger partial charge is 0.265 e. The molecule has 6 nitrogen and oxygen atoms in total. The number of rotatable bonds is 2. The van der Waals surface area contributed by atoms with E-state index in [2.05, 4.69) is 10.1 Å².